The molecule has 3 rings (SSSR count). The molecule has 0 saturated heterocycles. The lowest BCUT2D eigenvalue weighted by Crippen LogP contribution is -2.43. The maximum Gasteiger partial charge on any atom is 0.251 e. The molecule has 0 unspecified atom stereocenters. The third-order valence-electron chi connectivity index (χ3n) is 5.32. The summed E-state index contributed by atoms with van der Waals surface area (Å²) in [6.07, 6.45) is 0.880. The highest BCUT2D eigenvalue weighted by molar-refractivity contribution is 5.96. The number of aliphatic imine (C=N–C) groups is 1. The van der Waals surface area contributed by atoms with Crippen LogP contribution in [0.15, 0.2) is 41.4 Å². The van der Waals surface area contributed by atoms with Gasteiger partial charge in [-0.2, -0.15) is 0 Å². The lowest BCUT2D eigenvalue weighted by Gasteiger charge is -2.32. The number of nitrogens with zero attached hydrogens (tertiary/aromatic N) is 2. The molecule has 0 spiro atoms. The third kappa shape index (κ3) is 5.48. The number of guanidine groups is 1. The number of nitrogens with two attached hydrogens (primary N) is 1. The molecule has 32 heavy (non-hydrogen) atoms. The van der Waals surface area contributed by atoms with Gasteiger partial charge < -0.3 is 30.7 Å². The van der Waals surface area contributed by atoms with Crippen molar-refractivity contribution in [3.05, 3.63) is 58.7 Å². The van der Waals surface area contributed by atoms with Gasteiger partial charge in [-0.05, 0) is 47.4 Å². The number of rotatable bonds is 7. The van der Waals surface area contributed by atoms with Crippen molar-refractivity contribution >= 4 is 17.8 Å². The van der Waals surface area contributed by atoms with E-state index in [-0.39, 0.29) is 12.5 Å². The molecule has 170 valence electrons. The summed E-state index contributed by atoms with van der Waals surface area (Å²) in [4.78, 5) is 29.4. The minimum Gasteiger partial charge on any atom is -0.493 e. The number of hydrogen-bond acceptors (Lipinski definition) is 5. The monoisotopic (exact) mass is 439 g/mol. The van der Waals surface area contributed by atoms with Crippen molar-refractivity contribution in [2.75, 3.05) is 34.4 Å². The SMILES string of the molecule is CN=C(NCc1ccc(C(=O)NCC(N)=O)cc1)N1CCc2cc(OC)c(OC)cc2C1. The van der Waals surface area contributed by atoms with E-state index >= 15 is 0 Å². The van der Waals surface area contributed by atoms with Gasteiger partial charge in [0.25, 0.3) is 5.91 Å². The second-order valence-corrected chi connectivity index (χ2v) is 7.39. The molecular formula is C23H29N5O4. The summed E-state index contributed by atoms with van der Waals surface area (Å²) < 4.78 is 10.9. The van der Waals surface area contributed by atoms with Crippen molar-refractivity contribution in [2.45, 2.75) is 19.5 Å². The Hall–Kier alpha value is -3.75. The van der Waals surface area contributed by atoms with Gasteiger partial charge in [0.15, 0.2) is 17.5 Å². The quantitative estimate of drug-likeness (QED) is 0.438. The fourth-order valence-corrected chi connectivity index (χ4v) is 3.62. The fraction of sp³-hybridized carbons (Fsp3) is 0.348. The van der Waals surface area contributed by atoms with Gasteiger partial charge in [0, 0.05) is 32.2 Å². The standard InChI is InChI=1S/C23H29N5O4/c1-25-23(27-12-15-4-6-16(7-5-15)22(30)26-13-21(24)29)28-9-8-17-10-19(31-2)20(32-3)11-18(17)14-28/h4-7,10-11H,8-9,12-14H2,1-3H3,(H2,24,29)(H,25,27)(H,26,30). The van der Waals surface area contributed by atoms with Crippen LogP contribution in [-0.4, -0.2) is 57.0 Å². The average molecular weight is 440 g/mol. The molecule has 1 heterocycles. The predicted molar refractivity (Wildman–Crippen MR) is 122 cm³/mol. The minimum absolute atomic E-state index is 0.184. The summed E-state index contributed by atoms with van der Waals surface area (Å²) in [5.41, 5.74) is 8.95. The van der Waals surface area contributed by atoms with E-state index in [9.17, 15) is 9.59 Å². The topological polar surface area (TPSA) is 118 Å². The number of carbonyl (C=O) groups excluding carboxylic acids is 2. The van der Waals surface area contributed by atoms with Crippen LogP contribution >= 0.6 is 0 Å². The van der Waals surface area contributed by atoms with E-state index in [1.165, 1.54) is 11.1 Å². The summed E-state index contributed by atoms with van der Waals surface area (Å²) in [7, 11) is 5.04. The van der Waals surface area contributed by atoms with Crippen LogP contribution in [0.3, 0.4) is 0 Å². The van der Waals surface area contributed by atoms with Crippen LogP contribution in [0.1, 0.15) is 27.0 Å². The minimum atomic E-state index is -0.580. The van der Waals surface area contributed by atoms with E-state index < -0.39 is 5.91 Å². The molecule has 0 atom stereocenters. The first-order valence-corrected chi connectivity index (χ1v) is 10.3. The van der Waals surface area contributed by atoms with E-state index in [0.717, 1.165) is 36.0 Å². The van der Waals surface area contributed by atoms with Crippen LogP contribution in [0.4, 0.5) is 0 Å². The third-order valence-corrected chi connectivity index (χ3v) is 5.32. The van der Waals surface area contributed by atoms with Gasteiger partial charge in [0.2, 0.25) is 5.91 Å². The first kappa shape index (κ1) is 22.9. The van der Waals surface area contributed by atoms with Gasteiger partial charge in [0.1, 0.15) is 0 Å². The van der Waals surface area contributed by atoms with Gasteiger partial charge in [-0.3, -0.25) is 14.6 Å². The van der Waals surface area contributed by atoms with E-state index in [4.69, 9.17) is 15.2 Å². The first-order valence-electron chi connectivity index (χ1n) is 10.3. The normalized spacial score (nSPS) is 13.2. The number of primary amides is 1. The van der Waals surface area contributed by atoms with Crippen molar-refractivity contribution in [2.24, 2.45) is 10.7 Å². The molecule has 2 amide bonds. The molecule has 2 aromatic rings. The molecule has 2 aromatic carbocycles. The number of carbonyl (C=O) groups is 2. The zero-order valence-electron chi connectivity index (χ0n) is 18.6. The lowest BCUT2D eigenvalue weighted by atomic mass is 9.99. The Labute approximate surface area is 187 Å². The van der Waals surface area contributed by atoms with Crippen LogP contribution in [0, 0.1) is 0 Å². The number of methoxy groups -OCH3 is 2. The van der Waals surface area contributed by atoms with Crippen LogP contribution in [0.25, 0.3) is 0 Å². The van der Waals surface area contributed by atoms with E-state index in [2.05, 4.69) is 20.5 Å². The Morgan fingerprint density at radius 3 is 2.31 bits per heavy atom. The molecule has 9 heteroatoms. The fourth-order valence-electron chi connectivity index (χ4n) is 3.62. The second-order valence-electron chi connectivity index (χ2n) is 7.39. The maximum atomic E-state index is 12.0. The second kappa shape index (κ2) is 10.5. The van der Waals surface area contributed by atoms with Gasteiger partial charge in [-0.25, -0.2) is 0 Å². The van der Waals surface area contributed by atoms with Gasteiger partial charge >= 0.3 is 0 Å². The molecule has 0 aliphatic carbocycles. The van der Waals surface area contributed by atoms with Crippen molar-refractivity contribution in [1.29, 1.82) is 0 Å². The number of nitrogens with one attached hydrogen (secondary N) is 2. The van der Waals surface area contributed by atoms with Crippen LogP contribution in [-0.2, 0) is 24.3 Å². The van der Waals surface area contributed by atoms with Gasteiger partial charge in [-0.1, -0.05) is 12.1 Å². The van der Waals surface area contributed by atoms with Gasteiger partial charge in [0.05, 0.1) is 20.8 Å². The Bertz CT molecular complexity index is 1000. The zero-order chi connectivity index (χ0) is 23.1. The van der Waals surface area contributed by atoms with Crippen LogP contribution in [0.5, 0.6) is 11.5 Å². The van der Waals surface area contributed by atoms with Crippen LogP contribution < -0.4 is 25.8 Å². The molecular weight excluding hydrogens is 410 g/mol. The maximum absolute atomic E-state index is 12.0. The summed E-state index contributed by atoms with van der Waals surface area (Å²) in [5.74, 6) is 1.35. The van der Waals surface area contributed by atoms with Crippen LogP contribution in [0.2, 0.25) is 0 Å². The number of benzene rings is 2. The first-order chi connectivity index (χ1) is 15.4. The summed E-state index contributed by atoms with van der Waals surface area (Å²) >= 11 is 0. The van der Waals surface area contributed by atoms with E-state index in [0.29, 0.717) is 18.7 Å². The Balaban J connectivity index is 1.61. The Kier molecular flexibility index (Phi) is 7.54. The molecule has 1 aliphatic rings. The molecule has 9 nitrogen and oxygen atoms in total. The molecule has 4 N–H and O–H groups in total. The van der Waals surface area contributed by atoms with Crippen molar-refractivity contribution in [1.82, 2.24) is 15.5 Å². The largest absolute Gasteiger partial charge is 0.493 e. The highest BCUT2D eigenvalue weighted by Gasteiger charge is 2.21. The number of hydrogen-bond donors (Lipinski definition) is 3. The van der Waals surface area contributed by atoms with Gasteiger partial charge in [-0.15, -0.1) is 0 Å². The molecule has 1 aliphatic heterocycles. The number of fused-ring (bicyclic) bond motifs is 1. The lowest BCUT2D eigenvalue weighted by molar-refractivity contribution is -0.117. The smallest absolute Gasteiger partial charge is 0.251 e. The van der Waals surface area contributed by atoms with E-state index in [1.807, 2.05) is 24.3 Å². The molecule has 0 saturated carbocycles. The van der Waals surface area contributed by atoms with Crippen molar-refractivity contribution in [3.8, 4) is 11.5 Å². The molecule has 0 radical (unpaired) electrons. The highest BCUT2D eigenvalue weighted by Crippen LogP contribution is 2.33. The Morgan fingerprint density at radius 1 is 1.06 bits per heavy atom. The molecule has 0 fully saturated rings. The number of ether oxygens (including phenoxy) is 2. The van der Waals surface area contributed by atoms with E-state index in [1.54, 1.807) is 33.4 Å². The highest BCUT2D eigenvalue weighted by atomic mass is 16.5. The molecule has 0 bridgehead atoms. The Morgan fingerprint density at radius 2 is 1.72 bits per heavy atom. The molecule has 0 aromatic heterocycles. The summed E-state index contributed by atoms with van der Waals surface area (Å²) in [6, 6.07) is 11.2. The summed E-state index contributed by atoms with van der Waals surface area (Å²) in [6.45, 7) is 1.93. The zero-order valence-corrected chi connectivity index (χ0v) is 18.6. The van der Waals surface area contributed by atoms with Crippen molar-refractivity contribution < 1.29 is 19.1 Å². The average Bonchev–Trinajstić information content (AvgIpc) is 2.82. The number of amides is 2. The van der Waals surface area contributed by atoms with Crippen molar-refractivity contribution in [3.63, 3.8) is 0 Å². The predicted octanol–water partition coefficient (Wildman–Crippen LogP) is 1.05. The summed E-state index contributed by atoms with van der Waals surface area (Å²) in [5, 5.41) is 5.86.